The third-order valence-electron chi connectivity index (χ3n) is 3.49. The molecule has 4 heteroatoms. The highest BCUT2D eigenvalue weighted by Gasteiger charge is 2.34. The number of aromatic nitrogens is 1. The number of aryl methyl sites for hydroxylation is 1. The molecule has 0 aliphatic heterocycles. The van der Waals surface area contributed by atoms with Crippen molar-refractivity contribution in [3.05, 3.63) is 29.6 Å². The number of nitrogens with two attached hydrogens (primary N) is 1. The zero-order valence-corrected chi connectivity index (χ0v) is 10.2. The van der Waals surface area contributed by atoms with E-state index in [0.717, 1.165) is 30.4 Å². The van der Waals surface area contributed by atoms with Gasteiger partial charge in [-0.1, -0.05) is 0 Å². The second-order valence-electron chi connectivity index (χ2n) is 4.97. The predicted molar refractivity (Wildman–Crippen MR) is 66.2 cm³/mol. The second-order valence-corrected chi connectivity index (χ2v) is 4.97. The molecule has 17 heavy (non-hydrogen) atoms. The number of amides is 1. The predicted octanol–water partition coefficient (Wildman–Crippen LogP) is 1.28. The summed E-state index contributed by atoms with van der Waals surface area (Å²) in [6, 6.07) is 1.94. The van der Waals surface area contributed by atoms with E-state index in [-0.39, 0.29) is 11.4 Å². The van der Waals surface area contributed by atoms with Crippen LogP contribution in [0.2, 0.25) is 0 Å². The minimum atomic E-state index is -0.242. The first kappa shape index (κ1) is 12.0. The normalized spacial score (nSPS) is 17.3. The Bertz CT molecular complexity index is 413. The van der Waals surface area contributed by atoms with Gasteiger partial charge in [0.25, 0.3) is 0 Å². The molecule has 0 atom stereocenters. The van der Waals surface area contributed by atoms with E-state index in [1.807, 2.05) is 13.0 Å². The highest BCUT2D eigenvalue weighted by molar-refractivity contribution is 5.77. The molecule has 0 unspecified atom stereocenters. The third-order valence-corrected chi connectivity index (χ3v) is 3.49. The van der Waals surface area contributed by atoms with Gasteiger partial charge in [0, 0.05) is 30.9 Å². The van der Waals surface area contributed by atoms with Crippen LogP contribution in [0.4, 0.5) is 0 Å². The molecule has 0 spiro atoms. The number of hydrogen-bond donors (Lipinski definition) is 2. The molecule has 1 fully saturated rings. The van der Waals surface area contributed by atoms with Gasteiger partial charge in [-0.2, -0.15) is 0 Å². The SMILES string of the molecule is Cc1ccncc1CNC(=O)CC1(N)CCC1. The smallest absolute Gasteiger partial charge is 0.222 e. The highest BCUT2D eigenvalue weighted by atomic mass is 16.1. The van der Waals surface area contributed by atoms with Crippen LogP contribution in [0.15, 0.2) is 18.5 Å². The van der Waals surface area contributed by atoms with Gasteiger partial charge in [0.15, 0.2) is 0 Å². The van der Waals surface area contributed by atoms with Crippen LogP contribution in [0.3, 0.4) is 0 Å². The van der Waals surface area contributed by atoms with Crippen molar-refractivity contribution in [2.75, 3.05) is 0 Å². The van der Waals surface area contributed by atoms with Crippen molar-refractivity contribution in [3.63, 3.8) is 0 Å². The average molecular weight is 233 g/mol. The van der Waals surface area contributed by atoms with E-state index in [2.05, 4.69) is 10.3 Å². The van der Waals surface area contributed by atoms with Gasteiger partial charge in [-0.15, -0.1) is 0 Å². The molecule has 2 rings (SSSR count). The summed E-state index contributed by atoms with van der Waals surface area (Å²) in [5.41, 5.74) is 7.99. The molecule has 0 radical (unpaired) electrons. The largest absolute Gasteiger partial charge is 0.352 e. The Morgan fingerprint density at radius 3 is 2.94 bits per heavy atom. The Labute approximate surface area is 102 Å². The summed E-state index contributed by atoms with van der Waals surface area (Å²) in [6.45, 7) is 2.55. The van der Waals surface area contributed by atoms with Gasteiger partial charge in [-0.25, -0.2) is 0 Å². The fraction of sp³-hybridized carbons (Fsp3) is 0.538. The summed E-state index contributed by atoms with van der Waals surface area (Å²) in [7, 11) is 0. The van der Waals surface area contributed by atoms with Crippen molar-refractivity contribution < 1.29 is 4.79 Å². The summed E-state index contributed by atoms with van der Waals surface area (Å²) < 4.78 is 0. The Hall–Kier alpha value is -1.42. The number of hydrogen-bond acceptors (Lipinski definition) is 3. The Balaban J connectivity index is 1.82. The van der Waals surface area contributed by atoms with Crippen molar-refractivity contribution in [2.45, 2.75) is 44.7 Å². The van der Waals surface area contributed by atoms with E-state index in [4.69, 9.17) is 5.73 Å². The minimum Gasteiger partial charge on any atom is -0.352 e. The van der Waals surface area contributed by atoms with Crippen molar-refractivity contribution in [1.29, 1.82) is 0 Å². The molecule has 1 saturated carbocycles. The zero-order chi connectivity index (χ0) is 12.3. The van der Waals surface area contributed by atoms with Gasteiger partial charge in [0.2, 0.25) is 5.91 Å². The van der Waals surface area contributed by atoms with Gasteiger partial charge in [-0.05, 0) is 43.4 Å². The van der Waals surface area contributed by atoms with Crippen molar-refractivity contribution in [3.8, 4) is 0 Å². The third kappa shape index (κ3) is 3.03. The van der Waals surface area contributed by atoms with Crippen molar-refractivity contribution >= 4 is 5.91 Å². The van der Waals surface area contributed by atoms with Crippen LogP contribution in [-0.2, 0) is 11.3 Å². The van der Waals surface area contributed by atoms with E-state index in [1.165, 1.54) is 0 Å². The summed E-state index contributed by atoms with van der Waals surface area (Å²) in [5.74, 6) is 0.0375. The molecule has 1 aromatic heterocycles. The molecule has 0 bridgehead atoms. The zero-order valence-electron chi connectivity index (χ0n) is 10.2. The number of nitrogens with one attached hydrogen (secondary N) is 1. The molecule has 1 heterocycles. The van der Waals surface area contributed by atoms with Crippen LogP contribution < -0.4 is 11.1 Å². The summed E-state index contributed by atoms with van der Waals surface area (Å²) in [4.78, 5) is 15.8. The lowest BCUT2D eigenvalue weighted by Crippen LogP contribution is -2.49. The number of nitrogens with zero attached hydrogens (tertiary/aromatic N) is 1. The maximum atomic E-state index is 11.7. The number of carbonyl (C=O) groups is 1. The van der Waals surface area contributed by atoms with Crippen molar-refractivity contribution in [1.82, 2.24) is 10.3 Å². The first-order valence-corrected chi connectivity index (χ1v) is 6.04. The van der Waals surface area contributed by atoms with Crippen LogP contribution in [-0.4, -0.2) is 16.4 Å². The molecule has 1 aromatic rings. The molecule has 1 aliphatic rings. The van der Waals surface area contributed by atoms with E-state index >= 15 is 0 Å². The van der Waals surface area contributed by atoms with E-state index in [1.54, 1.807) is 12.4 Å². The summed E-state index contributed by atoms with van der Waals surface area (Å²) >= 11 is 0. The molecule has 0 saturated heterocycles. The lowest BCUT2D eigenvalue weighted by molar-refractivity contribution is -0.123. The van der Waals surface area contributed by atoms with Crippen molar-refractivity contribution in [2.24, 2.45) is 5.73 Å². The maximum Gasteiger partial charge on any atom is 0.222 e. The monoisotopic (exact) mass is 233 g/mol. The Morgan fingerprint density at radius 2 is 2.35 bits per heavy atom. The fourth-order valence-corrected chi connectivity index (χ4v) is 2.07. The molecular formula is C13H19N3O. The van der Waals surface area contributed by atoms with Gasteiger partial charge in [0.1, 0.15) is 0 Å². The van der Waals surface area contributed by atoms with Gasteiger partial charge < -0.3 is 11.1 Å². The minimum absolute atomic E-state index is 0.0375. The first-order chi connectivity index (χ1) is 8.09. The van der Waals surface area contributed by atoms with E-state index in [9.17, 15) is 4.79 Å². The lowest BCUT2D eigenvalue weighted by Gasteiger charge is -2.37. The fourth-order valence-electron chi connectivity index (χ4n) is 2.07. The Morgan fingerprint density at radius 1 is 1.59 bits per heavy atom. The molecule has 92 valence electrons. The van der Waals surface area contributed by atoms with Gasteiger partial charge in [0.05, 0.1) is 0 Å². The van der Waals surface area contributed by atoms with Crippen LogP contribution in [0.25, 0.3) is 0 Å². The quantitative estimate of drug-likeness (QED) is 0.823. The lowest BCUT2D eigenvalue weighted by atomic mass is 9.75. The van der Waals surface area contributed by atoms with Gasteiger partial charge in [-0.3, -0.25) is 9.78 Å². The van der Waals surface area contributed by atoms with Crippen LogP contribution in [0.1, 0.15) is 36.8 Å². The molecular weight excluding hydrogens is 214 g/mol. The maximum absolute atomic E-state index is 11.7. The average Bonchev–Trinajstić information content (AvgIpc) is 2.26. The standard InChI is InChI=1S/C13H19N3O/c1-10-3-6-15-8-11(10)9-16-12(17)7-13(14)4-2-5-13/h3,6,8H,2,4-5,7,9,14H2,1H3,(H,16,17). The second kappa shape index (κ2) is 4.84. The van der Waals surface area contributed by atoms with Crippen LogP contribution in [0, 0.1) is 6.92 Å². The number of pyridine rings is 1. The van der Waals surface area contributed by atoms with E-state index in [0.29, 0.717) is 13.0 Å². The molecule has 1 aliphatic carbocycles. The van der Waals surface area contributed by atoms with Gasteiger partial charge >= 0.3 is 0 Å². The van der Waals surface area contributed by atoms with E-state index < -0.39 is 0 Å². The molecule has 3 N–H and O–H groups in total. The van der Waals surface area contributed by atoms with Crippen LogP contribution >= 0.6 is 0 Å². The highest BCUT2D eigenvalue weighted by Crippen LogP contribution is 2.31. The Kier molecular flexibility index (Phi) is 3.43. The number of carbonyl (C=O) groups excluding carboxylic acids is 1. The number of rotatable bonds is 4. The first-order valence-electron chi connectivity index (χ1n) is 6.04. The summed E-state index contributed by atoms with van der Waals surface area (Å²) in [5, 5.41) is 2.91. The van der Waals surface area contributed by atoms with Crippen LogP contribution in [0.5, 0.6) is 0 Å². The topological polar surface area (TPSA) is 68.0 Å². The summed E-state index contributed by atoms with van der Waals surface area (Å²) in [6.07, 6.45) is 7.05. The molecule has 0 aromatic carbocycles. The molecule has 1 amide bonds. The molecule has 4 nitrogen and oxygen atoms in total.